The van der Waals surface area contributed by atoms with Gasteiger partial charge >= 0.3 is 5.97 Å². The van der Waals surface area contributed by atoms with Gasteiger partial charge in [0, 0.05) is 0 Å². The molecule has 0 unspecified atom stereocenters. The number of methoxy groups -OCH3 is 1. The van der Waals surface area contributed by atoms with E-state index in [2.05, 4.69) is 4.74 Å². The molecule has 0 radical (unpaired) electrons. The lowest BCUT2D eigenvalue weighted by atomic mass is 10.2. The van der Waals surface area contributed by atoms with Gasteiger partial charge in [0.25, 0.3) is 6.55 Å². The van der Waals surface area contributed by atoms with Gasteiger partial charge < -0.3 is 4.74 Å². The van der Waals surface area contributed by atoms with Crippen molar-refractivity contribution in [3.8, 4) is 0 Å². The molecule has 1 atom stereocenters. The number of thioether (sulfide) groups is 1. The zero-order valence-electron chi connectivity index (χ0n) is 7.55. The summed E-state index contributed by atoms with van der Waals surface area (Å²) in [5, 5.41) is 1.84. The standard InChI is InChI=1S/C7H13F2NO2S/c1-12-6(11)5(3-4-13-2)10-7(8)9/h5,7,10H,3-4H2,1-2H3/t5-/m0/s1. The van der Waals surface area contributed by atoms with Gasteiger partial charge in [-0.2, -0.15) is 20.5 Å². The van der Waals surface area contributed by atoms with Crippen LogP contribution in [-0.4, -0.2) is 37.7 Å². The van der Waals surface area contributed by atoms with E-state index in [-0.39, 0.29) is 0 Å². The molecule has 0 aromatic heterocycles. The van der Waals surface area contributed by atoms with Gasteiger partial charge in [0.15, 0.2) is 0 Å². The van der Waals surface area contributed by atoms with E-state index in [0.717, 1.165) is 0 Å². The molecular formula is C7H13F2NO2S. The van der Waals surface area contributed by atoms with E-state index in [4.69, 9.17) is 0 Å². The first-order chi connectivity index (χ1) is 6.11. The van der Waals surface area contributed by atoms with Crippen molar-refractivity contribution in [2.45, 2.75) is 19.0 Å². The normalized spacial score (nSPS) is 13.0. The number of hydrogen-bond donors (Lipinski definition) is 1. The summed E-state index contributed by atoms with van der Waals surface area (Å²) < 4.78 is 28.1. The number of rotatable bonds is 6. The van der Waals surface area contributed by atoms with Crippen LogP contribution in [0, 0.1) is 0 Å². The molecule has 0 spiro atoms. The second-order valence-electron chi connectivity index (χ2n) is 2.32. The Kier molecular flexibility index (Phi) is 6.89. The molecule has 0 amide bonds. The molecule has 6 heteroatoms. The Morgan fingerprint density at radius 3 is 2.62 bits per heavy atom. The fourth-order valence-electron chi connectivity index (χ4n) is 0.799. The molecule has 13 heavy (non-hydrogen) atoms. The quantitative estimate of drug-likeness (QED) is 0.529. The molecule has 0 aliphatic carbocycles. The van der Waals surface area contributed by atoms with E-state index in [0.29, 0.717) is 12.2 Å². The van der Waals surface area contributed by atoms with Crippen LogP contribution in [0.5, 0.6) is 0 Å². The topological polar surface area (TPSA) is 38.3 Å². The smallest absolute Gasteiger partial charge is 0.323 e. The predicted molar refractivity (Wildman–Crippen MR) is 47.9 cm³/mol. The molecule has 1 N–H and O–H groups in total. The van der Waals surface area contributed by atoms with Gasteiger partial charge in [0.05, 0.1) is 7.11 Å². The minimum absolute atomic E-state index is 0.345. The monoisotopic (exact) mass is 213 g/mol. The van der Waals surface area contributed by atoms with Crippen LogP contribution in [0.25, 0.3) is 0 Å². The van der Waals surface area contributed by atoms with Crippen LogP contribution in [0.15, 0.2) is 0 Å². The summed E-state index contributed by atoms with van der Waals surface area (Å²) in [4.78, 5) is 10.9. The third-order valence-corrected chi connectivity index (χ3v) is 2.07. The number of carbonyl (C=O) groups excluding carboxylic acids is 1. The maximum Gasteiger partial charge on any atom is 0.323 e. The Bertz CT molecular complexity index is 157. The first-order valence-electron chi connectivity index (χ1n) is 3.72. The van der Waals surface area contributed by atoms with Crippen LogP contribution in [0.4, 0.5) is 8.78 Å². The minimum Gasteiger partial charge on any atom is -0.468 e. The van der Waals surface area contributed by atoms with Crippen molar-refractivity contribution in [3.05, 3.63) is 0 Å². The molecule has 0 saturated heterocycles. The fraction of sp³-hybridized carbons (Fsp3) is 0.857. The Hall–Kier alpha value is -0.360. The van der Waals surface area contributed by atoms with Crippen LogP contribution >= 0.6 is 11.8 Å². The predicted octanol–water partition coefficient (Wildman–Crippen LogP) is 1.09. The van der Waals surface area contributed by atoms with Crippen LogP contribution in [-0.2, 0) is 9.53 Å². The molecule has 3 nitrogen and oxygen atoms in total. The van der Waals surface area contributed by atoms with Crippen LogP contribution in [0.3, 0.4) is 0 Å². The number of nitrogens with one attached hydrogen (secondary N) is 1. The maximum absolute atomic E-state index is 11.9. The van der Waals surface area contributed by atoms with Crippen molar-refractivity contribution < 1.29 is 18.3 Å². The van der Waals surface area contributed by atoms with E-state index < -0.39 is 18.6 Å². The summed E-state index contributed by atoms with van der Waals surface area (Å²) in [5.74, 6) is -0.00574. The lowest BCUT2D eigenvalue weighted by molar-refractivity contribution is -0.144. The van der Waals surface area contributed by atoms with Crippen molar-refractivity contribution in [1.82, 2.24) is 5.32 Å². The highest BCUT2D eigenvalue weighted by Crippen LogP contribution is 2.04. The highest BCUT2D eigenvalue weighted by atomic mass is 32.2. The first kappa shape index (κ1) is 12.6. The largest absolute Gasteiger partial charge is 0.468 e. The van der Waals surface area contributed by atoms with Gasteiger partial charge in [0.2, 0.25) is 0 Å². The van der Waals surface area contributed by atoms with E-state index in [1.54, 1.807) is 0 Å². The van der Waals surface area contributed by atoms with Gasteiger partial charge in [-0.05, 0) is 18.4 Å². The lowest BCUT2D eigenvalue weighted by Crippen LogP contribution is -2.40. The summed E-state index contributed by atoms with van der Waals surface area (Å²) >= 11 is 1.49. The molecule has 0 aromatic carbocycles. The average Bonchev–Trinajstić information content (AvgIpc) is 2.10. The molecule has 0 aliphatic heterocycles. The van der Waals surface area contributed by atoms with Gasteiger partial charge in [-0.3, -0.25) is 4.79 Å². The zero-order chi connectivity index (χ0) is 10.3. The highest BCUT2D eigenvalue weighted by molar-refractivity contribution is 7.98. The average molecular weight is 213 g/mol. The fourth-order valence-corrected chi connectivity index (χ4v) is 1.27. The van der Waals surface area contributed by atoms with Gasteiger partial charge in [-0.25, -0.2) is 5.32 Å². The van der Waals surface area contributed by atoms with E-state index in [1.165, 1.54) is 18.9 Å². The molecule has 0 rings (SSSR count). The third kappa shape index (κ3) is 5.81. The van der Waals surface area contributed by atoms with Gasteiger partial charge in [-0.1, -0.05) is 0 Å². The lowest BCUT2D eigenvalue weighted by Gasteiger charge is -2.14. The molecule has 0 aromatic rings. The van der Waals surface area contributed by atoms with Crippen molar-refractivity contribution in [2.24, 2.45) is 0 Å². The van der Waals surface area contributed by atoms with Crippen LogP contribution in [0.2, 0.25) is 0 Å². The second-order valence-corrected chi connectivity index (χ2v) is 3.31. The Morgan fingerprint density at radius 1 is 1.62 bits per heavy atom. The SMILES string of the molecule is COC(=O)[C@H](CCSC)NC(F)F. The molecule has 0 heterocycles. The Balaban J connectivity index is 3.94. The number of esters is 1. The summed E-state index contributed by atoms with van der Waals surface area (Å²) in [5.41, 5.74) is 0. The van der Waals surface area contributed by atoms with E-state index in [9.17, 15) is 13.6 Å². The van der Waals surface area contributed by atoms with Crippen LogP contribution in [0.1, 0.15) is 6.42 Å². The van der Waals surface area contributed by atoms with Crippen LogP contribution < -0.4 is 5.32 Å². The number of carbonyl (C=O) groups is 1. The molecule has 0 bridgehead atoms. The number of hydrogen-bond acceptors (Lipinski definition) is 4. The summed E-state index contributed by atoms with van der Waals surface area (Å²) in [6, 6.07) is -0.905. The number of halogens is 2. The third-order valence-electron chi connectivity index (χ3n) is 1.42. The van der Waals surface area contributed by atoms with Crippen molar-refractivity contribution in [3.63, 3.8) is 0 Å². The highest BCUT2D eigenvalue weighted by Gasteiger charge is 2.21. The molecular weight excluding hydrogens is 200 g/mol. The van der Waals surface area contributed by atoms with E-state index in [1.807, 2.05) is 11.6 Å². The molecule has 0 saturated carbocycles. The number of ether oxygens (including phenoxy) is 1. The number of alkyl halides is 2. The van der Waals surface area contributed by atoms with Gasteiger partial charge in [0.1, 0.15) is 6.04 Å². The minimum atomic E-state index is -2.69. The Labute approximate surface area is 80.2 Å². The first-order valence-corrected chi connectivity index (χ1v) is 5.12. The van der Waals surface area contributed by atoms with E-state index >= 15 is 0 Å². The zero-order valence-corrected chi connectivity index (χ0v) is 8.37. The summed E-state index contributed by atoms with van der Waals surface area (Å²) in [6.07, 6.45) is 2.19. The molecule has 78 valence electrons. The summed E-state index contributed by atoms with van der Waals surface area (Å²) in [6.45, 7) is -2.69. The van der Waals surface area contributed by atoms with Crippen molar-refractivity contribution >= 4 is 17.7 Å². The summed E-state index contributed by atoms with van der Waals surface area (Å²) in [7, 11) is 1.18. The second kappa shape index (κ2) is 7.08. The maximum atomic E-state index is 11.9. The molecule has 0 aliphatic rings. The Morgan fingerprint density at radius 2 is 2.23 bits per heavy atom. The van der Waals surface area contributed by atoms with Gasteiger partial charge in [-0.15, -0.1) is 0 Å². The van der Waals surface area contributed by atoms with Crippen molar-refractivity contribution in [1.29, 1.82) is 0 Å². The van der Waals surface area contributed by atoms with Crippen molar-refractivity contribution in [2.75, 3.05) is 19.1 Å². The molecule has 0 fully saturated rings.